The van der Waals surface area contributed by atoms with E-state index in [4.69, 9.17) is 31.0 Å². The minimum atomic E-state index is -1.20. The average Bonchev–Trinajstić information content (AvgIpc) is 3.28. The molecule has 2 N–H and O–H groups in total. The zero-order valence-electron chi connectivity index (χ0n) is 25.1. The maximum absolute atomic E-state index is 12.5. The summed E-state index contributed by atoms with van der Waals surface area (Å²) in [6.45, 7) is 15.6. The molecule has 11 nitrogen and oxygen atoms in total. The quantitative estimate of drug-likeness (QED) is 0.219. The first-order chi connectivity index (χ1) is 18.6. The molecule has 40 heavy (non-hydrogen) atoms. The van der Waals surface area contributed by atoms with Crippen molar-refractivity contribution in [3.05, 3.63) is 23.1 Å². The molecule has 4 rings (SSSR count). The molecule has 0 bridgehead atoms. The van der Waals surface area contributed by atoms with Crippen LogP contribution in [0, 0.1) is 6.92 Å². The van der Waals surface area contributed by atoms with Crippen molar-refractivity contribution in [2.45, 2.75) is 90.6 Å². The monoisotopic (exact) mass is 590 g/mol. The standard InChI is InChI=1S/C27H43ClN8O3Si/c1-17-21(15-34(5)33-17)30-25-31-23(29-18-12-19(13-18)35(6)26(37)39-27(2,3)4)22-20(28)14-36(24(22)32-25)16-38-10-11-40(7,8)9/h14-15,18-19H,10-13,16H2,1-9H3,(H2,29,30,31,32)/t18-,19-. The number of amides is 1. The lowest BCUT2D eigenvalue weighted by molar-refractivity contribution is 0.0132. The number of hydrogen-bond donors (Lipinski definition) is 2. The van der Waals surface area contributed by atoms with E-state index in [1.165, 1.54) is 0 Å². The number of halogens is 1. The highest BCUT2D eigenvalue weighted by atomic mass is 35.5. The van der Waals surface area contributed by atoms with Crippen LogP contribution in [0.1, 0.15) is 39.3 Å². The molecule has 3 aromatic rings. The third kappa shape index (κ3) is 7.46. The lowest BCUT2D eigenvalue weighted by Crippen LogP contribution is -2.51. The van der Waals surface area contributed by atoms with Crippen molar-refractivity contribution >= 4 is 54.3 Å². The number of nitrogens with zero attached hydrogens (tertiary/aromatic N) is 6. The smallest absolute Gasteiger partial charge is 0.410 e. The van der Waals surface area contributed by atoms with Gasteiger partial charge in [-0.3, -0.25) is 4.68 Å². The summed E-state index contributed by atoms with van der Waals surface area (Å²) < 4.78 is 15.2. The highest BCUT2D eigenvalue weighted by Gasteiger charge is 2.36. The van der Waals surface area contributed by atoms with E-state index in [0.29, 0.717) is 35.8 Å². The number of hydrogen-bond acceptors (Lipinski definition) is 8. The first-order valence-electron chi connectivity index (χ1n) is 13.7. The summed E-state index contributed by atoms with van der Waals surface area (Å²) in [6.07, 6.45) is 4.96. The van der Waals surface area contributed by atoms with Gasteiger partial charge in [0.1, 0.15) is 18.1 Å². The van der Waals surface area contributed by atoms with Gasteiger partial charge in [-0.2, -0.15) is 15.1 Å². The summed E-state index contributed by atoms with van der Waals surface area (Å²) in [4.78, 5) is 23.8. The Labute approximate surface area is 242 Å². The van der Waals surface area contributed by atoms with E-state index in [9.17, 15) is 4.79 Å². The maximum Gasteiger partial charge on any atom is 0.410 e. The van der Waals surface area contributed by atoms with Crippen molar-refractivity contribution in [3.8, 4) is 0 Å². The third-order valence-corrected chi connectivity index (χ3v) is 8.83. The Morgan fingerprint density at radius 3 is 2.52 bits per heavy atom. The zero-order chi connectivity index (χ0) is 29.4. The summed E-state index contributed by atoms with van der Waals surface area (Å²) in [6, 6.07) is 1.28. The number of nitrogens with one attached hydrogen (secondary N) is 2. The molecule has 13 heteroatoms. The predicted octanol–water partition coefficient (Wildman–Crippen LogP) is 5.99. The van der Waals surface area contributed by atoms with Gasteiger partial charge in [-0.1, -0.05) is 31.2 Å². The molecular weight excluding hydrogens is 548 g/mol. The second-order valence-corrected chi connectivity index (χ2v) is 18.9. The average molecular weight is 591 g/mol. The summed E-state index contributed by atoms with van der Waals surface area (Å²) in [5.41, 5.74) is 1.82. The van der Waals surface area contributed by atoms with E-state index in [1.54, 1.807) is 16.6 Å². The summed E-state index contributed by atoms with van der Waals surface area (Å²) >= 11 is 6.74. The van der Waals surface area contributed by atoms with Crippen molar-refractivity contribution in [3.63, 3.8) is 0 Å². The number of carbonyl (C=O) groups is 1. The molecule has 0 spiro atoms. The number of rotatable bonds is 10. The van der Waals surface area contributed by atoms with Gasteiger partial charge in [-0.15, -0.1) is 0 Å². The van der Waals surface area contributed by atoms with E-state index in [-0.39, 0.29) is 18.2 Å². The van der Waals surface area contributed by atoms with Crippen molar-refractivity contribution in [2.75, 3.05) is 24.3 Å². The van der Waals surface area contributed by atoms with E-state index in [0.717, 1.165) is 35.7 Å². The second-order valence-electron chi connectivity index (χ2n) is 12.9. The van der Waals surface area contributed by atoms with Gasteiger partial charge in [0, 0.05) is 53.3 Å². The second kappa shape index (κ2) is 11.6. The van der Waals surface area contributed by atoms with Crippen LogP contribution in [0.2, 0.25) is 30.7 Å². The molecule has 1 aliphatic rings. The van der Waals surface area contributed by atoms with Crippen LogP contribution in [0.25, 0.3) is 11.0 Å². The number of aromatic nitrogens is 5. The van der Waals surface area contributed by atoms with Crippen molar-refractivity contribution < 1.29 is 14.3 Å². The Morgan fingerprint density at radius 2 is 1.93 bits per heavy atom. The molecule has 3 aromatic heterocycles. The Hall–Kier alpha value is -2.83. The first kappa shape index (κ1) is 30.1. The minimum absolute atomic E-state index is 0.0835. The maximum atomic E-state index is 12.5. The number of aryl methyl sites for hydroxylation is 2. The van der Waals surface area contributed by atoms with Crippen molar-refractivity contribution in [1.82, 2.24) is 29.2 Å². The van der Waals surface area contributed by atoms with Crippen LogP contribution in [0.5, 0.6) is 0 Å². The molecule has 1 aliphatic carbocycles. The normalized spacial score (nSPS) is 17.6. The molecule has 0 unspecified atom stereocenters. The summed E-state index contributed by atoms with van der Waals surface area (Å²) in [7, 11) is 2.46. The van der Waals surface area contributed by atoms with Crippen LogP contribution in [-0.2, 0) is 23.3 Å². The molecule has 1 fully saturated rings. The van der Waals surface area contributed by atoms with Gasteiger partial charge in [0.05, 0.1) is 21.8 Å². The fourth-order valence-corrected chi connectivity index (χ4v) is 5.53. The van der Waals surface area contributed by atoms with Gasteiger partial charge < -0.3 is 29.6 Å². The number of fused-ring (bicyclic) bond motifs is 1. The lowest BCUT2D eigenvalue weighted by Gasteiger charge is -2.41. The topological polar surface area (TPSA) is 111 Å². The third-order valence-electron chi connectivity index (χ3n) is 6.84. The molecular formula is C27H43ClN8O3Si. The molecule has 0 radical (unpaired) electrons. The molecule has 1 amide bonds. The van der Waals surface area contributed by atoms with E-state index >= 15 is 0 Å². The summed E-state index contributed by atoms with van der Waals surface area (Å²) in [5, 5.41) is 12.6. The van der Waals surface area contributed by atoms with Crippen molar-refractivity contribution in [2.24, 2.45) is 7.05 Å². The number of ether oxygens (including phenoxy) is 2. The Bertz CT molecular complexity index is 1350. The zero-order valence-corrected chi connectivity index (χ0v) is 26.9. The lowest BCUT2D eigenvalue weighted by atomic mass is 9.86. The van der Waals surface area contributed by atoms with Gasteiger partial charge in [0.2, 0.25) is 5.95 Å². The Morgan fingerprint density at radius 1 is 1.23 bits per heavy atom. The van der Waals surface area contributed by atoms with E-state index in [1.807, 2.05) is 51.7 Å². The van der Waals surface area contributed by atoms with Crippen LogP contribution >= 0.6 is 11.6 Å². The summed E-state index contributed by atoms with van der Waals surface area (Å²) in [5.74, 6) is 1.08. The largest absolute Gasteiger partial charge is 0.444 e. The molecule has 0 aromatic carbocycles. The predicted molar refractivity (Wildman–Crippen MR) is 162 cm³/mol. The molecule has 220 valence electrons. The molecule has 0 saturated heterocycles. The van der Waals surface area contributed by atoms with Crippen LogP contribution in [0.4, 0.5) is 22.2 Å². The van der Waals surface area contributed by atoms with Gasteiger partial charge in [-0.05, 0) is 46.6 Å². The van der Waals surface area contributed by atoms with E-state index < -0.39 is 13.7 Å². The van der Waals surface area contributed by atoms with Gasteiger partial charge in [0.15, 0.2) is 5.65 Å². The Balaban J connectivity index is 1.55. The number of carbonyl (C=O) groups excluding carboxylic acids is 1. The van der Waals surface area contributed by atoms with Crippen molar-refractivity contribution in [1.29, 1.82) is 0 Å². The fraction of sp³-hybridized carbons (Fsp3) is 0.630. The number of anilines is 3. The highest BCUT2D eigenvalue weighted by molar-refractivity contribution is 6.76. The van der Waals surface area contributed by atoms with Gasteiger partial charge in [0.25, 0.3) is 0 Å². The van der Waals surface area contributed by atoms with E-state index in [2.05, 4.69) is 35.4 Å². The minimum Gasteiger partial charge on any atom is -0.444 e. The first-order valence-corrected chi connectivity index (χ1v) is 17.8. The Kier molecular flexibility index (Phi) is 8.72. The van der Waals surface area contributed by atoms with Crippen LogP contribution in [-0.4, -0.2) is 74.7 Å². The highest BCUT2D eigenvalue weighted by Crippen LogP contribution is 2.35. The fourth-order valence-electron chi connectivity index (χ4n) is 4.48. The molecule has 0 aliphatic heterocycles. The van der Waals surface area contributed by atoms with Crippen LogP contribution < -0.4 is 10.6 Å². The van der Waals surface area contributed by atoms with Gasteiger partial charge in [-0.25, -0.2) is 4.79 Å². The molecule has 0 atom stereocenters. The SMILES string of the molecule is Cc1nn(C)cc1Nc1nc(N[C@H]2C[C@H](N(C)C(=O)OC(C)(C)C)C2)c2c(Cl)cn(COCC[Si](C)(C)C)c2n1. The van der Waals surface area contributed by atoms with Gasteiger partial charge >= 0.3 is 6.09 Å². The van der Waals surface area contributed by atoms with Crippen LogP contribution in [0.15, 0.2) is 12.4 Å². The molecule has 1 saturated carbocycles. The molecule has 3 heterocycles. The van der Waals surface area contributed by atoms with Crippen LogP contribution in [0.3, 0.4) is 0 Å².